The van der Waals surface area contributed by atoms with Crippen LogP contribution in [0.1, 0.15) is 19.8 Å². The van der Waals surface area contributed by atoms with E-state index >= 15 is 0 Å². The largest absolute Gasteiger partial charge is 0.388 e. The molecule has 0 bridgehead atoms. The molecule has 0 amide bonds. The summed E-state index contributed by atoms with van der Waals surface area (Å²) < 4.78 is 10.1. The molecular weight excluding hydrogens is 216 g/mol. The van der Waals surface area contributed by atoms with Gasteiger partial charge in [0.05, 0.1) is 6.61 Å². The van der Waals surface area contributed by atoms with Crippen molar-refractivity contribution in [2.75, 3.05) is 19.8 Å². The molecule has 0 unspecified atom stereocenters. The first-order valence-corrected chi connectivity index (χ1v) is 5.49. The van der Waals surface area contributed by atoms with Crippen LogP contribution in [0.4, 0.5) is 0 Å². The van der Waals surface area contributed by atoms with Gasteiger partial charge >= 0.3 is 0 Å². The molecule has 0 aromatic carbocycles. The van der Waals surface area contributed by atoms with E-state index in [1.54, 1.807) is 0 Å². The normalized spacial score (nSPS) is 39.9. The smallest absolute Gasteiger partial charge is 0.219 e. The van der Waals surface area contributed by atoms with E-state index in [4.69, 9.17) is 9.47 Å². The van der Waals surface area contributed by atoms with Crippen molar-refractivity contribution in [3.8, 4) is 0 Å². The molecule has 1 saturated heterocycles. The Morgan fingerprint density at radius 2 is 2.06 bits per heavy atom. The molecule has 16 heavy (non-hydrogen) atoms. The molecule has 1 rings (SSSR count). The molecule has 96 valence electrons. The summed E-state index contributed by atoms with van der Waals surface area (Å²) in [5, 5.41) is 38.0. The lowest BCUT2D eigenvalue weighted by Gasteiger charge is -2.41. The molecule has 0 aromatic rings. The minimum Gasteiger partial charge on any atom is -0.388 e. The molecule has 1 fully saturated rings. The molecule has 4 N–H and O–H groups in total. The van der Waals surface area contributed by atoms with Crippen LogP contribution in [0.15, 0.2) is 0 Å². The van der Waals surface area contributed by atoms with Gasteiger partial charge in [0.25, 0.3) is 0 Å². The number of hydrogen-bond donors (Lipinski definition) is 4. The fourth-order valence-corrected chi connectivity index (χ4v) is 1.48. The predicted octanol–water partition coefficient (Wildman–Crippen LogP) is -1.40. The van der Waals surface area contributed by atoms with Crippen molar-refractivity contribution in [3.05, 3.63) is 0 Å². The third-order valence-corrected chi connectivity index (χ3v) is 2.64. The van der Waals surface area contributed by atoms with Crippen LogP contribution in [-0.2, 0) is 9.47 Å². The second-order valence-electron chi connectivity index (χ2n) is 4.06. The van der Waals surface area contributed by atoms with Gasteiger partial charge in [-0.3, -0.25) is 0 Å². The number of unbranched alkanes of at least 4 members (excludes halogenated alkanes) is 1. The number of ether oxygens (including phenoxy) is 2. The van der Waals surface area contributed by atoms with Crippen molar-refractivity contribution in [1.82, 2.24) is 0 Å². The van der Waals surface area contributed by atoms with Crippen LogP contribution in [-0.4, -0.2) is 64.3 Å². The molecule has 4 atom stereocenters. The lowest BCUT2D eigenvalue weighted by atomic mass is 9.97. The number of hydrogen-bond acceptors (Lipinski definition) is 6. The summed E-state index contributed by atoms with van der Waals surface area (Å²) in [4.78, 5) is 0. The van der Waals surface area contributed by atoms with E-state index in [-0.39, 0.29) is 13.2 Å². The molecule has 0 saturated carbocycles. The van der Waals surface area contributed by atoms with Gasteiger partial charge in [-0.1, -0.05) is 13.3 Å². The summed E-state index contributed by atoms with van der Waals surface area (Å²) in [6, 6.07) is 0. The number of rotatable bonds is 5. The Kier molecular flexibility index (Phi) is 5.10. The number of aliphatic hydroxyl groups excluding tert-OH is 3. The third-order valence-electron chi connectivity index (χ3n) is 2.64. The maximum atomic E-state index is 9.86. The van der Waals surface area contributed by atoms with Gasteiger partial charge in [0.1, 0.15) is 24.9 Å². The van der Waals surface area contributed by atoms with Crippen LogP contribution in [0.25, 0.3) is 0 Å². The van der Waals surface area contributed by atoms with Gasteiger partial charge in [-0.2, -0.15) is 0 Å². The van der Waals surface area contributed by atoms with Crippen molar-refractivity contribution in [1.29, 1.82) is 0 Å². The van der Waals surface area contributed by atoms with Crippen LogP contribution in [0.5, 0.6) is 0 Å². The lowest BCUT2D eigenvalue weighted by Crippen LogP contribution is -2.62. The van der Waals surface area contributed by atoms with Gasteiger partial charge < -0.3 is 29.9 Å². The van der Waals surface area contributed by atoms with Gasteiger partial charge in [0, 0.05) is 6.61 Å². The molecule has 0 radical (unpaired) electrons. The zero-order valence-corrected chi connectivity index (χ0v) is 9.37. The van der Waals surface area contributed by atoms with Gasteiger partial charge in [-0.05, 0) is 6.42 Å². The zero-order valence-electron chi connectivity index (χ0n) is 9.37. The van der Waals surface area contributed by atoms with Crippen molar-refractivity contribution >= 4 is 0 Å². The highest BCUT2D eigenvalue weighted by Crippen LogP contribution is 2.24. The third kappa shape index (κ3) is 3.13. The van der Waals surface area contributed by atoms with Crippen LogP contribution >= 0.6 is 0 Å². The predicted molar refractivity (Wildman–Crippen MR) is 54.6 cm³/mol. The molecule has 0 spiro atoms. The summed E-state index contributed by atoms with van der Waals surface area (Å²) >= 11 is 0. The first kappa shape index (κ1) is 13.8. The Hall–Kier alpha value is -0.240. The Labute approximate surface area is 94.4 Å². The van der Waals surface area contributed by atoms with Gasteiger partial charge in [0.2, 0.25) is 5.79 Å². The van der Waals surface area contributed by atoms with Crippen molar-refractivity contribution < 1.29 is 29.9 Å². The van der Waals surface area contributed by atoms with Crippen molar-refractivity contribution in [2.45, 2.75) is 43.9 Å². The second kappa shape index (κ2) is 5.90. The topological polar surface area (TPSA) is 99.4 Å². The van der Waals surface area contributed by atoms with Gasteiger partial charge in [-0.25, -0.2) is 0 Å². The number of aliphatic hydroxyl groups is 4. The van der Waals surface area contributed by atoms with E-state index in [9.17, 15) is 20.4 Å². The van der Waals surface area contributed by atoms with E-state index in [2.05, 4.69) is 0 Å². The van der Waals surface area contributed by atoms with Crippen LogP contribution < -0.4 is 0 Å². The summed E-state index contributed by atoms with van der Waals surface area (Å²) in [5.74, 6) is -1.94. The van der Waals surface area contributed by atoms with E-state index in [0.29, 0.717) is 6.61 Å². The van der Waals surface area contributed by atoms with Gasteiger partial charge in [-0.15, -0.1) is 0 Å². The summed E-state index contributed by atoms with van der Waals surface area (Å²) in [6.45, 7) is 2.00. The zero-order chi connectivity index (χ0) is 12.2. The maximum absolute atomic E-state index is 9.86. The highest BCUT2D eigenvalue weighted by Gasteiger charge is 2.48. The van der Waals surface area contributed by atoms with E-state index in [0.717, 1.165) is 12.8 Å². The SMILES string of the molecule is CCCCOC[C@]1(O)OC[C@@H](O)[C@@H](O)[C@@H]1O. The van der Waals surface area contributed by atoms with Crippen LogP contribution in [0.2, 0.25) is 0 Å². The van der Waals surface area contributed by atoms with E-state index in [1.807, 2.05) is 6.92 Å². The Morgan fingerprint density at radius 3 is 2.69 bits per heavy atom. The first-order valence-electron chi connectivity index (χ1n) is 5.49. The average molecular weight is 236 g/mol. The minimum absolute atomic E-state index is 0.224. The fourth-order valence-electron chi connectivity index (χ4n) is 1.48. The molecular formula is C10H20O6. The fraction of sp³-hybridized carbons (Fsp3) is 1.00. The molecule has 0 aliphatic carbocycles. The quantitative estimate of drug-likeness (QED) is 0.438. The monoisotopic (exact) mass is 236 g/mol. The van der Waals surface area contributed by atoms with Crippen LogP contribution in [0.3, 0.4) is 0 Å². The molecule has 1 aliphatic rings. The van der Waals surface area contributed by atoms with Crippen molar-refractivity contribution in [2.24, 2.45) is 0 Å². The minimum atomic E-state index is -1.94. The Morgan fingerprint density at radius 1 is 1.38 bits per heavy atom. The highest BCUT2D eigenvalue weighted by atomic mass is 16.7. The van der Waals surface area contributed by atoms with E-state index < -0.39 is 24.1 Å². The Bertz CT molecular complexity index is 211. The van der Waals surface area contributed by atoms with Crippen LogP contribution in [0, 0.1) is 0 Å². The standard InChI is InChI=1S/C10H20O6/c1-2-3-4-15-6-10(14)9(13)8(12)7(11)5-16-10/h7-9,11-14H,2-6H2,1H3/t7-,8-,9+,10+/m1/s1. The molecule has 6 heteroatoms. The van der Waals surface area contributed by atoms with Gasteiger partial charge in [0.15, 0.2) is 0 Å². The summed E-state index contributed by atoms with van der Waals surface area (Å²) in [7, 11) is 0. The first-order chi connectivity index (χ1) is 7.51. The molecule has 6 nitrogen and oxygen atoms in total. The average Bonchev–Trinajstić information content (AvgIpc) is 2.28. The molecule has 1 aliphatic heterocycles. The maximum Gasteiger partial charge on any atom is 0.219 e. The summed E-state index contributed by atoms with van der Waals surface area (Å²) in [6.07, 6.45) is -2.38. The summed E-state index contributed by atoms with van der Waals surface area (Å²) in [5.41, 5.74) is 0. The molecule has 0 aromatic heterocycles. The lowest BCUT2D eigenvalue weighted by molar-refractivity contribution is -0.335. The van der Waals surface area contributed by atoms with E-state index in [1.165, 1.54) is 0 Å². The Balaban J connectivity index is 2.43. The highest BCUT2D eigenvalue weighted by molar-refractivity contribution is 4.91. The second-order valence-corrected chi connectivity index (χ2v) is 4.06. The molecule has 1 heterocycles. The van der Waals surface area contributed by atoms with Crippen molar-refractivity contribution in [3.63, 3.8) is 0 Å².